The van der Waals surface area contributed by atoms with E-state index in [-0.39, 0.29) is 42.4 Å². The Morgan fingerprint density at radius 2 is 1.95 bits per heavy atom. The van der Waals surface area contributed by atoms with Gasteiger partial charge in [0.2, 0.25) is 16.0 Å². The number of hydrogen-bond donors (Lipinski definition) is 1. The van der Waals surface area contributed by atoms with Crippen LogP contribution in [-0.4, -0.2) is 76.1 Å². The minimum atomic E-state index is -4.07. The molecule has 3 aromatic rings. The number of guanidine groups is 1. The Kier molecular flexibility index (Phi) is 6.91. The van der Waals surface area contributed by atoms with Crippen molar-refractivity contribution in [3.8, 4) is 5.75 Å². The SMILES string of the molecule is COc1ccc(C(=O)Cc2ccc(F)c([C@@]3(C)N=C(N)N(C)S(=O)(=O)[C@]34CCN(Cc3cnn(C)c3)C4)c2)nc1. The van der Waals surface area contributed by atoms with Crippen LogP contribution in [0.25, 0.3) is 0 Å². The first kappa shape index (κ1) is 27.7. The number of ether oxygens (including phenoxy) is 1. The van der Waals surface area contributed by atoms with E-state index in [1.54, 1.807) is 29.9 Å². The second-order valence-electron chi connectivity index (χ2n) is 10.5. The van der Waals surface area contributed by atoms with Crippen LogP contribution in [0, 0.1) is 5.82 Å². The maximum absolute atomic E-state index is 15.6. The monoisotopic (exact) mass is 569 g/mol. The molecule has 2 atom stereocenters. The number of hydrogen-bond acceptors (Lipinski definition) is 9. The number of Topliss-reactive ketones (excluding diaryl/α,β-unsaturated/α-hetero) is 1. The minimum absolute atomic E-state index is 0.0608. The highest BCUT2D eigenvalue weighted by atomic mass is 32.2. The fourth-order valence-corrected chi connectivity index (χ4v) is 7.92. The maximum Gasteiger partial charge on any atom is 0.247 e. The van der Waals surface area contributed by atoms with Crippen LogP contribution < -0.4 is 10.5 Å². The molecule has 1 spiro atoms. The van der Waals surface area contributed by atoms with Crippen molar-refractivity contribution >= 4 is 21.8 Å². The number of halogens is 1. The van der Waals surface area contributed by atoms with Crippen LogP contribution in [0.2, 0.25) is 0 Å². The van der Waals surface area contributed by atoms with E-state index in [2.05, 4.69) is 15.1 Å². The van der Waals surface area contributed by atoms with Gasteiger partial charge in [-0.3, -0.25) is 14.4 Å². The zero-order valence-corrected chi connectivity index (χ0v) is 23.7. The molecule has 11 nitrogen and oxygen atoms in total. The summed E-state index contributed by atoms with van der Waals surface area (Å²) in [6.45, 7) is 2.67. The van der Waals surface area contributed by atoms with Crippen molar-refractivity contribution in [3.63, 3.8) is 0 Å². The second kappa shape index (κ2) is 9.97. The predicted octanol–water partition coefficient (Wildman–Crippen LogP) is 1.84. The van der Waals surface area contributed by atoms with E-state index in [9.17, 15) is 13.2 Å². The summed E-state index contributed by atoms with van der Waals surface area (Å²) in [5.41, 5.74) is 6.31. The Bertz CT molecular complexity index is 1590. The van der Waals surface area contributed by atoms with E-state index in [0.717, 1.165) is 9.87 Å². The molecule has 1 saturated heterocycles. The normalized spacial score (nSPS) is 24.3. The Hall–Kier alpha value is -3.84. The quantitative estimate of drug-likeness (QED) is 0.426. The van der Waals surface area contributed by atoms with E-state index in [0.29, 0.717) is 24.4 Å². The summed E-state index contributed by atoms with van der Waals surface area (Å²) in [5.74, 6) is -0.598. The van der Waals surface area contributed by atoms with Crippen molar-refractivity contribution in [2.24, 2.45) is 17.8 Å². The number of carbonyl (C=O) groups excluding carboxylic acids is 1. The number of methoxy groups -OCH3 is 1. The number of ketones is 1. The third-order valence-corrected chi connectivity index (χ3v) is 10.7. The highest BCUT2D eigenvalue weighted by molar-refractivity contribution is 7.91. The maximum atomic E-state index is 15.6. The molecule has 1 aromatic carbocycles. The van der Waals surface area contributed by atoms with Crippen LogP contribution in [0.4, 0.5) is 4.39 Å². The van der Waals surface area contributed by atoms with Gasteiger partial charge in [0.1, 0.15) is 27.5 Å². The summed E-state index contributed by atoms with van der Waals surface area (Å²) >= 11 is 0. The van der Waals surface area contributed by atoms with E-state index in [4.69, 9.17) is 10.5 Å². The number of pyridine rings is 1. The van der Waals surface area contributed by atoms with E-state index < -0.39 is 26.1 Å². The summed E-state index contributed by atoms with van der Waals surface area (Å²) in [6, 6.07) is 7.48. The van der Waals surface area contributed by atoms with Gasteiger partial charge >= 0.3 is 0 Å². The zero-order chi connectivity index (χ0) is 28.9. The molecule has 2 N–H and O–H groups in total. The summed E-state index contributed by atoms with van der Waals surface area (Å²) < 4.78 is 50.1. The summed E-state index contributed by atoms with van der Waals surface area (Å²) in [7, 11) is 0.620. The van der Waals surface area contributed by atoms with Gasteiger partial charge in [0.05, 0.1) is 19.5 Å². The molecular weight excluding hydrogens is 537 g/mol. The molecule has 0 unspecified atom stereocenters. The van der Waals surface area contributed by atoms with Crippen LogP contribution in [0.15, 0.2) is 53.9 Å². The third-order valence-electron chi connectivity index (χ3n) is 8.06. The Labute approximate surface area is 232 Å². The lowest BCUT2D eigenvalue weighted by molar-refractivity contribution is 0.0988. The molecule has 0 radical (unpaired) electrons. The first-order chi connectivity index (χ1) is 18.9. The van der Waals surface area contributed by atoms with Gasteiger partial charge in [-0.2, -0.15) is 5.10 Å². The number of aryl methyl sites for hydroxylation is 1. The van der Waals surface area contributed by atoms with Crippen LogP contribution in [-0.2, 0) is 35.6 Å². The number of aliphatic imine (C=N–C) groups is 1. The van der Waals surface area contributed by atoms with Gasteiger partial charge in [0.25, 0.3) is 0 Å². The fourth-order valence-electron chi connectivity index (χ4n) is 5.75. The smallest absolute Gasteiger partial charge is 0.247 e. The second-order valence-corrected chi connectivity index (χ2v) is 12.8. The number of carbonyl (C=O) groups is 1. The molecule has 212 valence electrons. The predicted molar refractivity (Wildman–Crippen MR) is 147 cm³/mol. The molecule has 2 aliphatic heterocycles. The average molecular weight is 570 g/mol. The van der Waals surface area contributed by atoms with Crippen molar-refractivity contribution in [2.45, 2.75) is 36.6 Å². The standard InChI is InChI=1S/C27H32FN7O4S/c1-26(21-11-18(5-7-22(21)28)12-24(36)23-8-6-20(39-4)14-30-23)27(40(37,38)34(3)25(29)32-26)9-10-35(17-27)16-19-13-31-33(2)15-19/h5-8,11,13-15H,9-10,12,16-17H2,1-4H3,(H2,29,32)/t26-,27+/m1/s1. The molecule has 0 amide bonds. The van der Waals surface area contributed by atoms with Gasteiger partial charge < -0.3 is 10.5 Å². The van der Waals surface area contributed by atoms with Gasteiger partial charge in [-0.15, -0.1) is 0 Å². The first-order valence-electron chi connectivity index (χ1n) is 12.8. The lowest BCUT2D eigenvalue weighted by Gasteiger charge is -2.48. The van der Waals surface area contributed by atoms with Gasteiger partial charge in [-0.1, -0.05) is 6.07 Å². The minimum Gasteiger partial charge on any atom is -0.495 e. The van der Waals surface area contributed by atoms with Crippen molar-refractivity contribution in [2.75, 3.05) is 27.2 Å². The molecule has 2 aromatic heterocycles. The molecule has 13 heteroatoms. The van der Waals surface area contributed by atoms with E-state index in [1.165, 1.54) is 38.6 Å². The van der Waals surface area contributed by atoms with Crippen LogP contribution >= 0.6 is 0 Å². The molecule has 0 saturated carbocycles. The highest BCUT2D eigenvalue weighted by Crippen LogP contribution is 2.51. The Morgan fingerprint density at radius 3 is 2.60 bits per heavy atom. The van der Waals surface area contributed by atoms with Gasteiger partial charge in [0, 0.05) is 57.5 Å². The third kappa shape index (κ3) is 4.42. The molecule has 4 heterocycles. The number of nitrogens with zero attached hydrogens (tertiary/aromatic N) is 6. The van der Waals surface area contributed by atoms with Crippen LogP contribution in [0.3, 0.4) is 0 Å². The molecule has 0 bridgehead atoms. The average Bonchev–Trinajstić information content (AvgIpc) is 3.55. The molecule has 1 fully saturated rings. The highest BCUT2D eigenvalue weighted by Gasteiger charge is 2.66. The van der Waals surface area contributed by atoms with E-state index in [1.807, 2.05) is 18.1 Å². The zero-order valence-electron chi connectivity index (χ0n) is 22.8. The van der Waals surface area contributed by atoms with Crippen molar-refractivity contribution in [3.05, 3.63) is 77.1 Å². The summed E-state index contributed by atoms with van der Waals surface area (Å²) in [5, 5.41) is 4.20. The lowest BCUT2D eigenvalue weighted by Crippen LogP contribution is -2.66. The summed E-state index contributed by atoms with van der Waals surface area (Å²) in [6.07, 6.45) is 5.21. The largest absolute Gasteiger partial charge is 0.495 e. The summed E-state index contributed by atoms with van der Waals surface area (Å²) in [4.78, 5) is 23.8. The van der Waals surface area contributed by atoms with Crippen LogP contribution in [0.1, 0.15) is 40.5 Å². The van der Waals surface area contributed by atoms with Crippen molar-refractivity contribution in [1.82, 2.24) is 24.0 Å². The lowest BCUT2D eigenvalue weighted by atomic mass is 9.77. The van der Waals surface area contributed by atoms with Crippen molar-refractivity contribution < 1.29 is 22.3 Å². The first-order valence-corrected chi connectivity index (χ1v) is 14.2. The Balaban J connectivity index is 1.53. The molecule has 0 aliphatic carbocycles. The number of sulfonamides is 1. The molecule has 5 rings (SSSR count). The number of aromatic nitrogens is 3. The molecule has 2 aliphatic rings. The topological polar surface area (TPSA) is 136 Å². The van der Waals surface area contributed by atoms with E-state index >= 15 is 4.39 Å². The Morgan fingerprint density at radius 1 is 1.18 bits per heavy atom. The van der Waals surface area contributed by atoms with Gasteiger partial charge in [-0.05, 0) is 43.2 Å². The molecular formula is C27H32FN7O4S. The fraction of sp³-hybridized carbons (Fsp3) is 0.407. The number of nitrogens with two attached hydrogens (primary N) is 1. The number of rotatable bonds is 7. The number of benzene rings is 1. The van der Waals surface area contributed by atoms with Gasteiger partial charge in [0.15, 0.2) is 5.78 Å². The van der Waals surface area contributed by atoms with Gasteiger partial charge in [-0.25, -0.2) is 27.1 Å². The number of likely N-dealkylation sites (tertiary alicyclic amines) is 1. The van der Waals surface area contributed by atoms with Crippen molar-refractivity contribution in [1.29, 1.82) is 0 Å². The van der Waals surface area contributed by atoms with Crippen LogP contribution in [0.5, 0.6) is 5.75 Å². The molecule has 40 heavy (non-hydrogen) atoms.